The number of ether oxygens (including phenoxy) is 1. The van der Waals surface area contributed by atoms with E-state index in [1.807, 2.05) is 75.2 Å². The van der Waals surface area contributed by atoms with Crippen LogP contribution in [0.5, 0.6) is 0 Å². The van der Waals surface area contributed by atoms with E-state index in [4.69, 9.17) is 15.1 Å². The third-order valence-corrected chi connectivity index (χ3v) is 8.12. The molecule has 2 aromatic carbocycles. The van der Waals surface area contributed by atoms with Crippen molar-refractivity contribution in [2.45, 2.75) is 58.5 Å². The SMILES string of the molecule is CCC(C)(C=N)OC(=O)N1CCN(Cc2ccc(N(C)C(O)c3ccc(-c4ccccc4C#N)nc3C)cc2)C[C@@H]1C. The molecular formula is C33H40N6O3. The van der Waals surface area contributed by atoms with Crippen LogP contribution in [0, 0.1) is 23.7 Å². The van der Waals surface area contributed by atoms with Crippen LogP contribution >= 0.6 is 0 Å². The number of hydrogen-bond donors (Lipinski definition) is 2. The van der Waals surface area contributed by atoms with Crippen molar-refractivity contribution in [3.05, 3.63) is 83.0 Å². The summed E-state index contributed by atoms with van der Waals surface area (Å²) in [6.07, 6.45) is 0.491. The molecule has 2 N–H and O–H groups in total. The third kappa shape index (κ3) is 6.78. The Hall–Kier alpha value is -4.26. The lowest BCUT2D eigenvalue weighted by Crippen LogP contribution is -2.55. The molecule has 1 amide bonds. The molecule has 4 rings (SSSR count). The fourth-order valence-electron chi connectivity index (χ4n) is 5.15. The molecule has 0 aliphatic carbocycles. The van der Waals surface area contributed by atoms with Crippen LogP contribution in [0.2, 0.25) is 0 Å². The Labute approximate surface area is 248 Å². The highest BCUT2D eigenvalue weighted by Crippen LogP contribution is 2.29. The number of nitrogens with zero attached hydrogens (tertiary/aromatic N) is 5. The molecule has 1 fully saturated rings. The molecule has 3 atom stereocenters. The summed E-state index contributed by atoms with van der Waals surface area (Å²) < 4.78 is 5.61. The van der Waals surface area contributed by atoms with E-state index >= 15 is 0 Å². The number of aryl methyl sites for hydroxylation is 1. The van der Waals surface area contributed by atoms with Gasteiger partial charge in [0.25, 0.3) is 0 Å². The molecule has 2 heterocycles. The van der Waals surface area contributed by atoms with Gasteiger partial charge in [0, 0.05) is 68.0 Å². The first-order valence-corrected chi connectivity index (χ1v) is 14.3. The number of amides is 1. The Kier molecular flexibility index (Phi) is 9.61. The first-order valence-electron chi connectivity index (χ1n) is 14.3. The van der Waals surface area contributed by atoms with Crippen LogP contribution < -0.4 is 4.90 Å². The van der Waals surface area contributed by atoms with E-state index in [9.17, 15) is 15.2 Å². The Balaban J connectivity index is 1.36. The maximum absolute atomic E-state index is 12.7. The standard InChI is InChI=1S/C33H40N6O3/c1-6-33(4,22-35)42-32(41)39-18-17-38(20-23(39)2)21-25-11-13-27(14-12-25)37(5)31(40)28-15-16-30(36-24(28)3)29-10-8-7-9-26(29)19-34/h7-16,22-23,31,35,40H,6,17-18,20-21H2,1-5H3/t23-,31?,33?/m0/s1. The van der Waals surface area contributed by atoms with Crippen molar-refractivity contribution >= 4 is 18.0 Å². The molecule has 3 aromatic rings. The molecule has 1 aliphatic rings. The van der Waals surface area contributed by atoms with Gasteiger partial charge in [0.1, 0.15) is 5.60 Å². The second kappa shape index (κ2) is 13.1. The molecule has 42 heavy (non-hydrogen) atoms. The van der Waals surface area contributed by atoms with Gasteiger partial charge in [0.05, 0.1) is 17.3 Å². The van der Waals surface area contributed by atoms with Gasteiger partial charge in [0.2, 0.25) is 0 Å². The Bertz CT molecular complexity index is 1450. The average molecular weight is 569 g/mol. The molecule has 1 aromatic heterocycles. The molecule has 2 unspecified atom stereocenters. The van der Waals surface area contributed by atoms with Crippen LogP contribution in [0.3, 0.4) is 0 Å². The van der Waals surface area contributed by atoms with Crippen molar-refractivity contribution in [3.63, 3.8) is 0 Å². The number of aliphatic hydroxyl groups is 1. The lowest BCUT2D eigenvalue weighted by atomic mass is 10.0. The molecule has 9 heteroatoms. The zero-order valence-corrected chi connectivity index (χ0v) is 25.0. The summed E-state index contributed by atoms with van der Waals surface area (Å²) in [5.74, 6) is 0. The number of aromatic nitrogens is 1. The number of carbonyl (C=O) groups excluding carboxylic acids is 1. The van der Waals surface area contributed by atoms with E-state index < -0.39 is 11.8 Å². The van der Waals surface area contributed by atoms with Crippen molar-refractivity contribution in [2.24, 2.45) is 0 Å². The van der Waals surface area contributed by atoms with Gasteiger partial charge in [-0.2, -0.15) is 5.26 Å². The number of rotatable bonds is 9. The number of benzene rings is 2. The van der Waals surface area contributed by atoms with Gasteiger partial charge in [-0.15, -0.1) is 0 Å². The van der Waals surface area contributed by atoms with E-state index in [0.717, 1.165) is 36.4 Å². The van der Waals surface area contributed by atoms with E-state index in [1.54, 1.807) is 17.9 Å². The van der Waals surface area contributed by atoms with E-state index in [1.165, 1.54) is 6.21 Å². The van der Waals surface area contributed by atoms with E-state index in [2.05, 4.69) is 23.1 Å². The van der Waals surface area contributed by atoms with E-state index in [0.29, 0.717) is 35.5 Å². The third-order valence-electron chi connectivity index (χ3n) is 8.12. The van der Waals surface area contributed by atoms with Crippen LogP contribution in [0.15, 0.2) is 60.7 Å². The fourth-order valence-corrected chi connectivity index (χ4v) is 5.15. The summed E-state index contributed by atoms with van der Waals surface area (Å²) in [7, 11) is 1.85. The second-order valence-electron chi connectivity index (χ2n) is 11.1. The number of anilines is 1. The van der Waals surface area contributed by atoms with Gasteiger partial charge in [-0.1, -0.05) is 43.3 Å². The van der Waals surface area contributed by atoms with Crippen LogP contribution in [0.25, 0.3) is 11.3 Å². The van der Waals surface area contributed by atoms with Crippen molar-refractivity contribution in [1.29, 1.82) is 10.7 Å². The summed E-state index contributed by atoms with van der Waals surface area (Å²) in [5, 5.41) is 28.2. The number of piperazine rings is 1. The minimum Gasteiger partial charge on any atom is -0.437 e. The van der Waals surface area contributed by atoms with Gasteiger partial charge in [0.15, 0.2) is 6.23 Å². The molecular weight excluding hydrogens is 528 g/mol. The summed E-state index contributed by atoms with van der Waals surface area (Å²) in [6.45, 7) is 10.3. The van der Waals surface area contributed by atoms with Crippen LogP contribution in [-0.2, 0) is 11.3 Å². The van der Waals surface area contributed by atoms with Crippen molar-refractivity contribution < 1.29 is 14.6 Å². The highest BCUT2D eigenvalue weighted by molar-refractivity contribution is 5.74. The predicted octanol–water partition coefficient (Wildman–Crippen LogP) is 5.52. The highest BCUT2D eigenvalue weighted by atomic mass is 16.6. The average Bonchev–Trinajstić information content (AvgIpc) is 3.00. The monoisotopic (exact) mass is 568 g/mol. The maximum Gasteiger partial charge on any atom is 0.411 e. The van der Waals surface area contributed by atoms with Crippen molar-refractivity contribution in [1.82, 2.24) is 14.8 Å². The molecule has 0 saturated carbocycles. The smallest absolute Gasteiger partial charge is 0.411 e. The molecule has 0 spiro atoms. The quantitative estimate of drug-likeness (QED) is 0.258. The number of aliphatic hydroxyl groups excluding tert-OH is 1. The zero-order valence-electron chi connectivity index (χ0n) is 25.0. The zero-order chi connectivity index (χ0) is 30.4. The van der Waals surface area contributed by atoms with Gasteiger partial charge in [-0.05, 0) is 57.0 Å². The van der Waals surface area contributed by atoms with Crippen LogP contribution in [0.4, 0.5) is 10.5 Å². The number of nitrogens with one attached hydrogen (secondary N) is 1. The molecule has 0 bridgehead atoms. The van der Waals surface area contributed by atoms with Gasteiger partial charge < -0.3 is 25.1 Å². The summed E-state index contributed by atoms with van der Waals surface area (Å²) >= 11 is 0. The summed E-state index contributed by atoms with van der Waals surface area (Å²) in [6, 6.07) is 21.4. The Morgan fingerprint density at radius 3 is 2.57 bits per heavy atom. The Morgan fingerprint density at radius 2 is 1.95 bits per heavy atom. The molecule has 1 saturated heterocycles. The maximum atomic E-state index is 12.7. The molecule has 0 radical (unpaired) electrons. The minimum absolute atomic E-state index is 0.00439. The lowest BCUT2D eigenvalue weighted by molar-refractivity contribution is 0.0128. The second-order valence-corrected chi connectivity index (χ2v) is 11.1. The van der Waals surface area contributed by atoms with Gasteiger partial charge in [-0.3, -0.25) is 9.88 Å². The topological polar surface area (TPSA) is 117 Å². The molecule has 9 nitrogen and oxygen atoms in total. The van der Waals surface area contributed by atoms with Crippen LogP contribution in [0.1, 0.15) is 55.8 Å². The van der Waals surface area contributed by atoms with Crippen molar-refractivity contribution in [3.8, 4) is 17.3 Å². The van der Waals surface area contributed by atoms with Crippen LogP contribution in [-0.4, -0.2) is 70.5 Å². The molecule has 220 valence electrons. The number of hydrogen-bond acceptors (Lipinski definition) is 8. The predicted molar refractivity (Wildman–Crippen MR) is 164 cm³/mol. The largest absolute Gasteiger partial charge is 0.437 e. The number of carbonyl (C=O) groups is 1. The lowest BCUT2D eigenvalue weighted by Gasteiger charge is -2.40. The summed E-state index contributed by atoms with van der Waals surface area (Å²) in [4.78, 5) is 23.3. The first kappa shape index (κ1) is 30.7. The highest BCUT2D eigenvalue weighted by Gasteiger charge is 2.33. The fraction of sp³-hybridized carbons (Fsp3) is 0.394. The first-order chi connectivity index (χ1) is 20.1. The number of nitriles is 1. The van der Waals surface area contributed by atoms with Gasteiger partial charge in [-0.25, -0.2) is 4.79 Å². The van der Waals surface area contributed by atoms with Gasteiger partial charge >= 0.3 is 6.09 Å². The normalized spacial score (nSPS) is 17.5. The number of pyridine rings is 1. The summed E-state index contributed by atoms with van der Waals surface area (Å²) in [5.41, 5.74) is 4.57. The molecule has 1 aliphatic heterocycles. The van der Waals surface area contributed by atoms with Crippen molar-refractivity contribution in [2.75, 3.05) is 31.6 Å². The Morgan fingerprint density at radius 1 is 1.24 bits per heavy atom. The van der Waals surface area contributed by atoms with E-state index in [-0.39, 0.29) is 12.1 Å². The minimum atomic E-state index is -0.889.